The minimum absolute atomic E-state index is 0.404. The summed E-state index contributed by atoms with van der Waals surface area (Å²) in [5, 5.41) is 4.28. The number of hydrogen-bond donors (Lipinski definition) is 0. The molecule has 0 unspecified atom stereocenters. The highest BCUT2D eigenvalue weighted by atomic mass is 32.1. The van der Waals surface area contributed by atoms with Crippen molar-refractivity contribution in [1.29, 1.82) is 0 Å². The van der Waals surface area contributed by atoms with Crippen LogP contribution in [0.4, 0.5) is 0 Å². The maximum absolute atomic E-state index is 6.20. The van der Waals surface area contributed by atoms with Crippen LogP contribution in [0.5, 0.6) is 23.0 Å². The third kappa shape index (κ3) is 13.8. The zero-order valence-electron chi connectivity index (χ0n) is 39.5. The van der Waals surface area contributed by atoms with Crippen LogP contribution in [0.1, 0.15) is 22.3 Å². The monoisotopic (exact) mass is 1080 g/mol. The Morgan fingerprint density at radius 3 is 1.03 bits per heavy atom. The first-order chi connectivity index (χ1) is 35.7. The van der Waals surface area contributed by atoms with Gasteiger partial charge in [0.1, 0.15) is 26.4 Å². The molecule has 10 nitrogen and oxygen atoms in total. The second-order valence-electron chi connectivity index (χ2n) is 16.2. The molecule has 0 N–H and O–H groups in total. The first-order valence-corrected chi connectivity index (χ1v) is 28.9. The van der Waals surface area contributed by atoms with Crippen LogP contribution in [-0.2, 0) is 28.4 Å². The van der Waals surface area contributed by atoms with Gasteiger partial charge in [0.15, 0.2) is 23.0 Å². The first-order valence-electron chi connectivity index (χ1n) is 23.9. The van der Waals surface area contributed by atoms with E-state index in [9.17, 15) is 0 Å². The maximum Gasteiger partial charge on any atom is 0.161 e. The van der Waals surface area contributed by atoms with E-state index in [1.54, 1.807) is 22.7 Å². The van der Waals surface area contributed by atoms with Gasteiger partial charge in [-0.1, -0.05) is 48.6 Å². The van der Waals surface area contributed by atoms with Gasteiger partial charge in [0.05, 0.1) is 89.0 Å². The van der Waals surface area contributed by atoms with E-state index < -0.39 is 0 Å². The molecule has 0 radical (unpaired) electrons. The van der Waals surface area contributed by atoms with E-state index in [0.29, 0.717) is 129 Å². The number of ether oxygens (including phenoxy) is 10. The average Bonchev–Trinajstić information content (AvgIpc) is 4.26. The van der Waals surface area contributed by atoms with Gasteiger partial charge in [-0.25, -0.2) is 0 Å². The van der Waals surface area contributed by atoms with E-state index in [1.807, 2.05) is 69.6 Å². The summed E-state index contributed by atoms with van der Waals surface area (Å²) in [5.41, 5.74) is 4.36. The molecule has 374 valence electrons. The molecule has 2 aliphatic rings. The van der Waals surface area contributed by atoms with Gasteiger partial charge in [0.25, 0.3) is 0 Å². The van der Waals surface area contributed by atoms with Gasteiger partial charge < -0.3 is 47.4 Å². The van der Waals surface area contributed by atoms with Crippen LogP contribution in [-0.4, -0.2) is 106 Å². The van der Waals surface area contributed by atoms with Crippen molar-refractivity contribution in [3.63, 3.8) is 0 Å². The van der Waals surface area contributed by atoms with Crippen LogP contribution in [0.3, 0.4) is 0 Å². The molecular formula is C56H54O10S6. The predicted octanol–water partition coefficient (Wildman–Crippen LogP) is 14.4. The van der Waals surface area contributed by atoms with Crippen LogP contribution in [0.15, 0.2) is 108 Å². The second kappa shape index (κ2) is 26.3. The molecular weight excluding hydrogens is 1030 g/mol. The zero-order valence-corrected chi connectivity index (χ0v) is 44.4. The Kier molecular flexibility index (Phi) is 18.5. The lowest BCUT2D eigenvalue weighted by Gasteiger charge is -2.13. The standard InChI is InChI=1S/C56H54O10S6/c1-3-47(67-33-1)53-37-41(9-5-39-7-11-43-45(35-39)65-31-27-61-23-19-57-17-21-59-25-29-63-43)55(71-53)51-15-13-49(69-51)50-14-16-52(70-50)56-42(38-54(72-56)48-4-2-34-68-48)10-6-40-8-12-44-46(36-40)66-32-28-62-24-20-58-18-22-60-26-30-64-44/h1-16,33-38H,17-32H2/b9-5+,10-6+. The Morgan fingerprint density at radius 1 is 0.292 bits per heavy atom. The highest BCUT2D eigenvalue weighted by Crippen LogP contribution is 2.48. The molecule has 0 saturated carbocycles. The minimum atomic E-state index is 0.404. The number of thiophene rings is 6. The SMILES string of the molecule is C(=C\c1cc(-c2cccs2)sc1-c1ccc(-c2ccc(-c3sc(-c4cccs4)cc3/C=C/c3ccc4c(c3)OCCOCCOCCOCCO4)s2)s1)/c1ccc2c(c1)OCCOCCOCCOCCO2. The highest BCUT2D eigenvalue weighted by molar-refractivity contribution is 7.30. The lowest BCUT2D eigenvalue weighted by atomic mass is 10.1. The molecule has 0 fully saturated rings. The molecule has 0 atom stereocenters. The molecule has 0 saturated heterocycles. The number of fused-ring (bicyclic) bond motifs is 2. The molecule has 0 spiro atoms. The summed E-state index contributed by atoms with van der Waals surface area (Å²) in [5.74, 6) is 2.71. The summed E-state index contributed by atoms with van der Waals surface area (Å²) in [6, 6.07) is 34.5. The van der Waals surface area contributed by atoms with Crippen LogP contribution < -0.4 is 18.9 Å². The van der Waals surface area contributed by atoms with Crippen LogP contribution in [0, 0.1) is 0 Å². The van der Waals surface area contributed by atoms with Gasteiger partial charge in [0, 0.05) is 39.0 Å². The van der Waals surface area contributed by atoms with Gasteiger partial charge in [-0.05, 0) is 106 Å². The van der Waals surface area contributed by atoms with E-state index in [-0.39, 0.29) is 0 Å². The fourth-order valence-electron chi connectivity index (χ4n) is 7.73. The number of rotatable bonds is 9. The molecule has 10 rings (SSSR count). The van der Waals surface area contributed by atoms with E-state index in [2.05, 4.69) is 108 Å². The third-order valence-corrected chi connectivity index (χ3v) is 18.4. The Hall–Kier alpha value is -4.92. The quantitative estimate of drug-likeness (QED) is 0.139. The molecule has 0 bridgehead atoms. The Balaban J connectivity index is 0.891. The smallest absolute Gasteiger partial charge is 0.161 e. The fraction of sp³-hybridized carbons (Fsp3) is 0.286. The first kappa shape index (κ1) is 50.6. The number of hydrogen-bond acceptors (Lipinski definition) is 16. The van der Waals surface area contributed by atoms with Gasteiger partial charge in [-0.2, -0.15) is 0 Å². The van der Waals surface area contributed by atoms with Crippen molar-refractivity contribution >= 4 is 92.3 Å². The predicted molar refractivity (Wildman–Crippen MR) is 299 cm³/mol. The Bertz CT molecular complexity index is 2780. The topological polar surface area (TPSA) is 92.3 Å². The second-order valence-corrected chi connectivity index (χ2v) is 22.4. The van der Waals surface area contributed by atoms with Crippen molar-refractivity contribution in [2.45, 2.75) is 0 Å². The van der Waals surface area contributed by atoms with Gasteiger partial charge in [-0.3, -0.25) is 0 Å². The van der Waals surface area contributed by atoms with E-state index in [4.69, 9.17) is 47.4 Å². The Labute approximate surface area is 444 Å². The summed E-state index contributed by atoms with van der Waals surface area (Å²) >= 11 is 10.9. The molecule has 72 heavy (non-hydrogen) atoms. The van der Waals surface area contributed by atoms with Crippen molar-refractivity contribution < 1.29 is 47.4 Å². The summed E-state index contributed by atoms with van der Waals surface area (Å²) < 4.78 is 58.5. The zero-order chi connectivity index (χ0) is 48.6. The molecule has 8 aromatic rings. The van der Waals surface area contributed by atoms with Gasteiger partial charge in [0.2, 0.25) is 0 Å². The fourth-order valence-corrected chi connectivity index (χ4v) is 14.0. The third-order valence-electron chi connectivity index (χ3n) is 11.2. The summed E-state index contributed by atoms with van der Waals surface area (Å²) in [6.07, 6.45) is 8.75. The molecule has 6 aromatic heterocycles. The van der Waals surface area contributed by atoms with Crippen LogP contribution in [0.25, 0.3) is 73.1 Å². The number of benzene rings is 2. The summed E-state index contributed by atoms with van der Waals surface area (Å²) in [6.45, 7) is 7.64. The summed E-state index contributed by atoms with van der Waals surface area (Å²) in [4.78, 5) is 12.4. The average molecular weight is 1080 g/mol. The van der Waals surface area contributed by atoms with Gasteiger partial charge in [-0.15, -0.1) is 68.0 Å². The van der Waals surface area contributed by atoms with Crippen molar-refractivity contribution in [2.24, 2.45) is 0 Å². The normalized spacial score (nSPS) is 16.3. The largest absolute Gasteiger partial charge is 0.487 e. The molecule has 8 heterocycles. The van der Waals surface area contributed by atoms with E-state index in [0.717, 1.165) is 11.1 Å². The maximum atomic E-state index is 6.20. The molecule has 2 aliphatic heterocycles. The van der Waals surface area contributed by atoms with E-state index in [1.165, 1.54) is 59.9 Å². The van der Waals surface area contributed by atoms with Crippen molar-refractivity contribution in [2.75, 3.05) is 106 Å². The summed E-state index contributed by atoms with van der Waals surface area (Å²) in [7, 11) is 0. The Morgan fingerprint density at radius 2 is 0.653 bits per heavy atom. The molecule has 2 aromatic carbocycles. The lowest BCUT2D eigenvalue weighted by Crippen LogP contribution is -2.13. The van der Waals surface area contributed by atoms with E-state index >= 15 is 0 Å². The van der Waals surface area contributed by atoms with Crippen molar-refractivity contribution in [1.82, 2.24) is 0 Å². The molecule has 16 heteroatoms. The van der Waals surface area contributed by atoms with Gasteiger partial charge >= 0.3 is 0 Å². The molecule has 0 amide bonds. The van der Waals surface area contributed by atoms with Crippen molar-refractivity contribution in [3.05, 3.63) is 130 Å². The van der Waals surface area contributed by atoms with Crippen LogP contribution >= 0.6 is 68.0 Å². The minimum Gasteiger partial charge on any atom is -0.487 e. The van der Waals surface area contributed by atoms with Crippen molar-refractivity contribution in [3.8, 4) is 71.8 Å². The lowest BCUT2D eigenvalue weighted by molar-refractivity contribution is 0.00708. The highest BCUT2D eigenvalue weighted by Gasteiger charge is 2.19. The molecule has 0 aliphatic carbocycles. The van der Waals surface area contributed by atoms with Crippen LogP contribution in [0.2, 0.25) is 0 Å².